The van der Waals surface area contributed by atoms with Gasteiger partial charge in [0.25, 0.3) is 0 Å². The zero-order chi connectivity index (χ0) is 19.9. The number of para-hydroxylation sites is 1. The molecule has 0 saturated heterocycles. The fourth-order valence-electron chi connectivity index (χ4n) is 3.48. The molecule has 0 radical (unpaired) electrons. The van der Waals surface area contributed by atoms with Crippen molar-refractivity contribution in [2.24, 2.45) is 0 Å². The van der Waals surface area contributed by atoms with Crippen LogP contribution in [0.1, 0.15) is 33.9 Å². The topological polar surface area (TPSA) is 41.0 Å². The number of anilines is 1. The van der Waals surface area contributed by atoms with Crippen molar-refractivity contribution >= 4 is 5.69 Å². The molecule has 1 N–H and O–H groups in total. The van der Waals surface area contributed by atoms with Gasteiger partial charge in [0.2, 0.25) is 0 Å². The monoisotopic (exact) mass is 588 g/mol. The van der Waals surface area contributed by atoms with Gasteiger partial charge in [-0.05, 0) is 63.1 Å². The quantitative estimate of drug-likeness (QED) is 0.337. The summed E-state index contributed by atoms with van der Waals surface area (Å²) in [7, 11) is 0. The van der Waals surface area contributed by atoms with Gasteiger partial charge in [0.05, 0.1) is 11.4 Å². The van der Waals surface area contributed by atoms with Gasteiger partial charge >= 0.3 is 17.1 Å². The van der Waals surface area contributed by atoms with Crippen molar-refractivity contribution in [3.63, 3.8) is 0 Å². The van der Waals surface area contributed by atoms with Gasteiger partial charge in [-0.3, -0.25) is 14.9 Å². The number of halogens is 2. The second-order valence-electron chi connectivity index (χ2n) is 7.44. The summed E-state index contributed by atoms with van der Waals surface area (Å²) in [4.78, 5) is 11.8. The van der Waals surface area contributed by atoms with Crippen molar-refractivity contribution < 1.29 is 51.0 Å². The zero-order valence-corrected chi connectivity index (χ0v) is 22.8. The molecular weight excluding hydrogens is 560 g/mol. The molecule has 0 amide bonds. The van der Waals surface area contributed by atoms with E-state index >= 15 is 0 Å². The van der Waals surface area contributed by atoms with Gasteiger partial charge in [-0.15, -0.1) is 0 Å². The van der Waals surface area contributed by atoms with E-state index in [-0.39, 0.29) is 51.0 Å². The van der Waals surface area contributed by atoms with Crippen molar-refractivity contribution in [3.8, 4) is 0 Å². The second kappa shape index (κ2) is 14.8. The molecule has 0 atom stereocenters. The number of aromatic nitrogens is 2. The fourth-order valence-corrected chi connectivity index (χ4v) is 3.48. The van der Waals surface area contributed by atoms with E-state index in [9.17, 15) is 0 Å². The first-order valence-electron chi connectivity index (χ1n) is 9.89. The average Bonchev–Trinajstić information content (AvgIpc) is 2.64. The van der Waals surface area contributed by atoms with Gasteiger partial charge in [0.15, 0.2) is 0 Å². The molecule has 0 fully saturated rings. The van der Waals surface area contributed by atoms with E-state index in [0.717, 1.165) is 49.0 Å². The molecular formula is C24H30Br2FeN4. The van der Waals surface area contributed by atoms with Gasteiger partial charge in [-0.2, -0.15) is 0 Å². The molecule has 0 spiro atoms. The molecule has 2 heterocycles. The smallest absolute Gasteiger partial charge is 1.00 e. The molecule has 0 aliphatic rings. The Hall–Kier alpha value is -1.24. The minimum absolute atomic E-state index is 0. The number of hydrogen-bond acceptors (Lipinski definition) is 4. The molecule has 0 saturated carbocycles. The van der Waals surface area contributed by atoms with Crippen molar-refractivity contribution in [1.29, 1.82) is 0 Å². The first-order chi connectivity index (χ1) is 13.5. The molecule has 31 heavy (non-hydrogen) atoms. The molecule has 1 aromatic carbocycles. The van der Waals surface area contributed by atoms with Crippen molar-refractivity contribution in [2.45, 2.75) is 40.8 Å². The van der Waals surface area contributed by atoms with Gasteiger partial charge in [0.1, 0.15) is 0 Å². The number of nitrogens with zero attached hydrogens (tertiary/aromatic N) is 3. The minimum Gasteiger partial charge on any atom is -1.00 e. The van der Waals surface area contributed by atoms with E-state index in [2.05, 4.69) is 76.5 Å². The third-order valence-corrected chi connectivity index (χ3v) is 4.87. The number of rotatable bonds is 8. The number of nitrogens with one attached hydrogen (secondary N) is 1. The van der Waals surface area contributed by atoms with Crippen LogP contribution >= 0.6 is 0 Å². The maximum absolute atomic E-state index is 4.68. The summed E-state index contributed by atoms with van der Waals surface area (Å²) in [5.41, 5.74) is 8.11. The maximum Gasteiger partial charge on any atom is 2.00 e. The molecule has 7 heteroatoms. The van der Waals surface area contributed by atoms with E-state index in [1.807, 2.05) is 26.0 Å². The van der Waals surface area contributed by atoms with Gasteiger partial charge in [0, 0.05) is 43.3 Å². The number of pyridine rings is 2. The van der Waals surface area contributed by atoms with Crippen LogP contribution in [0.2, 0.25) is 0 Å². The van der Waals surface area contributed by atoms with Crippen molar-refractivity contribution in [3.05, 3.63) is 88.5 Å². The van der Waals surface area contributed by atoms with Crippen molar-refractivity contribution in [2.75, 3.05) is 18.4 Å². The average molecular weight is 590 g/mol. The molecule has 0 bridgehead atoms. The Morgan fingerprint density at radius 1 is 0.710 bits per heavy atom. The standard InChI is InChI=1S/C24H30N4.2BrH.Fe/c1-18-8-5-9-19(2)24(18)25-14-15-28(16-22-12-6-10-20(3)26-22)17-23-13-7-11-21(4)27-23;;;/h5-13,25H,14-17H2,1-4H3;2*1H;/q;;;+2/p-2. The van der Waals surface area contributed by atoms with E-state index in [1.54, 1.807) is 0 Å². The molecule has 0 unspecified atom stereocenters. The summed E-state index contributed by atoms with van der Waals surface area (Å²) >= 11 is 0. The van der Waals surface area contributed by atoms with Crippen LogP contribution in [0.3, 0.4) is 0 Å². The Kier molecular flexibility index (Phi) is 14.2. The van der Waals surface area contributed by atoms with E-state index in [0.29, 0.717) is 0 Å². The van der Waals surface area contributed by atoms with E-state index in [4.69, 9.17) is 0 Å². The van der Waals surface area contributed by atoms with Crippen molar-refractivity contribution in [1.82, 2.24) is 14.9 Å². The number of aryl methyl sites for hydroxylation is 4. The molecule has 3 aromatic rings. The molecule has 4 nitrogen and oxygen atoms in total. The molecule has 168 valence electrons. The Balaban J connectivity index is 0.00000300. The normalized spacial score (nSPS) is 9.97. The first kappa shape index (κ1) is 29.8. The van der Waals surface area contributed by atoms with Crippen LogP contribution in [0.25, 0.3) is 0 Å². The summed E-state index contributed by atoms with van der Waals surface area (Å²) in [5.74, 6) is 0. The summed E-state index contributed by atoms with van der Waals surface area (Å²) in [6.07, 6.45) is 0. The summed E-state index contributed by atoms with van der Waals surface area (Å²) in [5, 5.41) is 3.62. The Morgan fingerprint density at radius 2 is 1.16 bits per heavy atom. The summed E-state index contributed by atoms with van der Waals surface area (Å²) in [6, 6.07) is 18.9. The molecule has 0 aliphatic carbocycles. The molecule has 3 rings (SSSR count). The van der Waals surface area contributed by atoms with Crippen LogP contribution in [0.5, 0.6) is 0 Å². The summed E-state index contributed by atoms with van der Waals surface area (Å²) < 4.78 is 0. The number of benzene rings is 1. The van der Waals surface area contributed by atoms with Crippen LogP contribution in [0.4, 0.5) is 5.69 Å². The molecule has 2 aromatic heterocycles. The Morgan fingerprint density at radius 3 is 1.61 bits per heavy atom. The second-order valence-corrected chi connectivity index (χ2v) is 7.44. The molecule has 0 aliphatic heterocycles. The predicted octanol–water partition coefficient (Wildman–Crippen LogP) is -1.17. The van der Waals surface area contributed by atoms with Crippen LogP contribution < -0.4 is 39.3 Å². The summed E-state index contributed by atoms with van der Waals surface area (Å²) in [6.45, 7) is 11.8. The third kappa shape index (κ3) is 9.42. The third-order valence-electron chi connectivity index (χ3n) is 4.87. The Labute approximate surface area is 218 Å². The van der Waals surface area contributed by atoms with Gasteiger partial charge in [-0.25, -0.2) is 0 Å². The number of hydrogen-bond donors (Lipinski definition) is 1. The first-order valence-corrected chi connectivity index (χ1v) is 9.89. The largest absolute Gasteiger partial charge is 2.00 e. The van der Waals surface area contributed by atoms with Crippen LogP contribution in [-0.4, -0.2) is 28.0 Å². The Bertz CT molecular complexity index is 869. The van der Waals surface area contributed by atoms with Crippen LogP contribution in [0.15, 0.2) is 54.6 Å². The van der Waals surface area contributed by atoms with E-state index < -0.39 is 0 Å². The van der Waals surface area contributed by atoms with Gasteiger partial charge < -0.3 is 39.3 Å². The van der Waals surface area contributed by atoms with Crippen LogP contribution in [0, 0.1) is 27.7 Å². The fraction of sp³-hybridized carbons (Fsp3) is 0.333. The van der Waals surface area contributed by atoms with Crippen LogP contribution in [-0.2, 0) is 30.2 Å². The van der Waals surface area contributed by atoms with Gasteiger partial charge in [-0.1, -0.05) is 30.3 Å². The van der Waals surface area contributed by atoms with E-state index in [1.165, 1.54) is 16.8 Å². The minimum atomic E-state index is 0. The predicted molar refractivity (Wildman–Crippen MR) is 116 cm³/mol. The maximum atomic E-state index is 4.68. The SMILES string of the molecule is Cc1cccc(CN(CCNc2c(C)cccc2C)Cc2cccc(C)n2)n1.[Br-].[Br-].[Fe+2]. The zero-order valence-electron chi connectivity index (χ0n) is 18.5.